The van der Waals surface area contributed by atoms with E-state index >= 15 is 0 Å². The summed E-state index contributed by atoms with van der Waals surface area (Å²) in [4.78, 5) is 15.1. The SMILES string of the molecule is OB(O)c1ccc(-c2nc(-c3ccc(B(O)O)s3)nc(-c3ccc(B(O)O)s3)n2)s1. The lowest BCUT2D eigenvalue weighted by Crippen LogP contribution is -2.26. The highest BCUT2D eigenvalue weighted by Gasteiger charge is 2.21. The van der Waals surface area contributed by atoms with E-state index in [1.807, 2.05) is 0 Å². The lowest BCUT2D eigenvalue weighted by Gasteiger charge is -2.04. The van der Waals surface area contributed by atoms with Crippen molar-refractivity contribution in [2.24, 2.45) is 0 Å². The first kappa shape index (κ1) is 21.3. The van der Waals surface area contributed by atoms with Crippen molar-refractivity contribution in [1.82, 2.24) is 15.0 Å². The van der Waals surface area contributed by atoms with E-state index in [2.05, 4.69) is 15.0 Å². The number of hydrogen-bond donors (Lipinski definition) is 6. The van der Waals surface area contributed by atoms with Crippen LogP contribution in [0, 0.1) is 0 Å². The third kappa shape index (κ3) is 4.39. The molecule has 4 heterocycles. The second-order valence-electron chi connectivity index (χ2n) is 6.03. The number of nitrogens with zero attached hydrogens (tertiary/aromatic N) is 3. The van der Waals surface area contributed by atoms with E-state index in [-0.39, 0.29) is 0 Å². The van der Waals surface area contributed by atoms with Crippen LogP contribution in [0.4, 0.5) is 0 Å². The molecule has 0 aliphatic carbocycles. The second-order valence-corrected chi connectivity index (χ2v) is 9.38. The van der Waals surface area contributed by atoms with Crippen LogP contribution < -0.4 is 14.3 Å². The molecule has 0 radical (unpaired) electrons. The summed E-state index contributed by atoms with van der Waals surface area (Å²) in [6, 6.07) is 9.67. The Morgan fingerprint density at radius 3 is 0.933 bits per heavy atom. The third-order valence-electron chi connectivity index (χ3n) is 3.94. The van der Waals surface area contributed by atoms with Crippen molar-refractivity contribution >= 4 is 69.7 Å². The van der Waals surface area contributed by atoms with E-state index in [0.717, 1.165) is 34.0 Å². The first-order valence-electron chi connectivity index (χ1n) is 8.46. The van der Waals surface area contributed by atoms with Crippen molar-refractivity contribution in [3.8, 4) is 32.1 Å². The van der Waals surface area contributed by atoms with Gasteiger partial charge in [0.1, 0.15) is 0 Å². The van der Waals surface area contributed by atoms with Gasteiger partial charge in [0.2, 0.25) is 0 Å². The molecule has 0 saturated carbocycles. The normalized spacial score (nSPS) is 11.0. The summed E-state index contributed by atoms with van der Waals surface area (Å²) >= 11 is 3.35. The predicted octanol–water partition coefficient (Wildman–Crippen LogP) is -1.90. The first-order valence-corrected chi connectivity index (χ1v) is 10.9. The summed E-state index contributed by atoms with van der Waals surface area (Å²) in [5.74, 6) is 0.891. The maximum absolute atomic E-state index is 9.38. The van der Waals surface area contributed by atoms with Gasteiger partial charge < -0.3 is 30.1 Å². The van der Waals surface area contributed by atoms with Crippen molar-refractivity contribution in [2.75, 3.05) is 0 Å². The van der Waals surface area contributed by atoms with Gasteiger partial charge >= 0.3 is 21.4 Å². The van der Waals surface area contributed by atoms with Gasteiger partial charge in [-0.15, -0.1) is 34.0 Å². The van der Waals surface area contributed by atoms with E-state index in [4.69, 9.17) is 0 Å². The van der Waals surface area contributed by atoms with E-state index in [1.165, 1.54) is 0 Å². The van der Waals surface area contributed by atoms with Gasteiger partial charge in [-0.3, -0.25) is 0 Å². The standard InChI is InChI=1S/C15H12B3N3O6S3/c22-16(23)10-4-1-7(28-10)13-19-14(8-2-5-11(29-8)17(24)25)21-15(20-13)9-3-6-12(30-9)18(26)27/h1-6,22-27H. The van der Waals surface area contributed by atoms with Crippen molar-refractivity contribution in [1.29, 1.82) is 0 Å². The molecule has 0 spiro atoms. The number of aromatic nitrogens is 3. The second kappa shape index (κ2) is 8.67. The highest BCUT2D eigenvalue weighted by atomic mass is 32.1. The van der Waals surface area contributed by atoms with E-state index in [9.17, 15) is 30.1 Å². The molecule has 15 heteroatoms. The van der Waals surface area contributed by atoms with Crippen LogP contribution >= 0.6 is 34.0 Å². The Morgan fingerprint density at radius 1 is 0.467 bits per heavy atom. The largest absolute Gasteiger partial charge is 0.499 e. The Balaban J connectivity index is 1.83. The van der Waals surface area contributed by atoms with Crippen LogP contribution in [0.15, 0.2) is 36.4 Å². The molecule has 4 rings (SSSR count). The zero-order valence-electron chi connectivity index (χ0n) is 14.9. The van der Waals surface area contributed by atoms with Gasteiger partial charge in [0, 0.05) is 14.3 Å². The average Bonchev–Trinajstić information content (AvgIpc) is 3.48. The lowest BCUT2D eigenvalue weighted by molar-refractivity contribution is 0.425. The van der Waals surface area contributed by atoms with Gasteiger partial charge in [0.05, 0.1) is 14.6 Å². The van der Waals surface area contributed by atoms with Gasteiger partial charge in [-0.05, 0) is 18.2 Å². The molecular weight excluding hydrogens is 447 g/mol. The molecule has 6 N–H and O–H groups in total. The average molecular weight is 459 g/mol. The Labute approximate surface area is 183 Å². The molecule has 0 bridgehead atoms. The van der Waals surface area contributed by atoms with Gasteiger partial charge in [0.25, 0.3) is 0 Å². The molecule has 150 valence electrons. The Morgan fingerprint density at radius 2 is 0.733 bits per heavy atom. The topological polar surface area (TPSA) is 160 Å². The zero-order chi connectivity index (χ0) is 21.4. The highest BCUT2D eigenvalue weighted by molar-refractivity contribution is 7.25. The fraction of sp³-hybridized carbons (Fsp3) is 0. The Kier molecular flexibility index (Phi) is 6.15. The van der Waals surface area contributed by atoms with E-state index in [0.29, 0.717) is 46.4 Å². The summed E-state index contributed by atoms with van der Waals surface area (Å²) in [6.07, 6.45) is 0. The summed E-state index contributed by atoms with van der Waals surface area (Å²) < 4.78 is 0.992. The minimum absolute atomic E-state index is 0.297. The fourth-order valence-electron chi connectivity index (χ4n) is 2.54. The van der Waals surface area contributed by atoms with Crippen LogP contribution in [0.5, 0.6) is 0 Å². The first-order chi connectivity index (χ1) is 14.3. The van der Waals surface area contributed by atoms with Crippen LogP contribution in [0.3, 0.4) is 0 Å². The molecule has 9 nitrogen and oxygen atoms in total. The molecule has 4 aromatic heterocycles. The van der Waals surface area contributed by atoms with Crippen LogP contribution in [-0.4, -0.2) is 66.5 Å². The zero-order valence-corrected chi connectivity index (χ0v) is 17.4. The summed E-state index contributed by atoms with van der Waals surface area (Å²) in [5, 5.41) is 56.3. The van der Waals surface area contributed by atoms with Gasteiger partial charge in [0.15, 0.2) is 17.5 Å². The molecule has 0 fully saturated rings. The molecule has 4 aromatic rings. The van der Waals surface area contributed by atoms with Gasteiger partial charge in [-0.25, -0.2) is 15.0 Å². The minimum Gasteiger partial charge on any atom is -0.423 e. The predicted molar refractivity (Wildman–Crippen MR) is 119 cm³/mol. The maximum Gasteiger partial charge on any atom is 0.499 e. The van der Waals surface area contributed by atoms with Crippen LogP contribution in [0.1, 0.15) is 0 Å². The summed E-state index contributed by atoms with van der Waals surface area (Å²) in [7, 11) is -4.83. The summed E-state index contributed by atoms with van der Waals surface area (Å²) in [6.45, 7) is 0. The quantitative estimate of drug-likeness (QED) is 0.181. The smallest absolute Gasteiger partial charge is 0.423 e. The van der Waals surface area contributed by atoms with Crippen molar-refractivity contribution < 1.29 is 30.1 Å². The van der Waals surface area contributed by atoms with E-state index < -0.39 is 21.4 Å². The minimum atomic E-state index is -1.61. The molecule has 0 unspecified atom stereocenters. The fourth-order valence-corrected chi connectivity index (χ4v) is 4.98. The van der Waals surface area contributed by atoms with Crippen LogP contribution in [0.25, 0.3) is 32.1 Å². The van der Waals surface area contributed by atoms with Crippen LogP contribution in [-0.2, 0) is 0 Å². The molecule has 0 atom stereocenters. The molecule has 0 aromatic carbocycles. The monoisotopic (exact) mass is 459 g/mol. The molecule has 0 aliphatic rings. The van der Waals surface area contributed by atoms with E-state index in [1.54, 1.807) is 36.4 Å². The molecular formula is C15H12B3N3O6S3. The number of rotatable bonds is 6. The lowest BCUT2D eigenvalue weighted by atomic mass is 9.90. The van der Waals surface area contributed by atoms with Gasteiger partial charge in [-0.2, -0.15) is 0 Å². The Bertz CT molecular complexity index is 1020. The van der Waals surface area contributed by atoms with Crippen molar-refractivity contribution in [3.63, 3.8) is 0 Å². The van der Waals surface area contributed by atoms with Crippen LogP contribution in [0.2, 0.25) is 0 Å². The summed E-state index contributed by atoms with van der Waals surface area (Å²) in [5.41, 5.74) is 0. The maximum atomic E-state index is 9.38. The number of thiophene rings is 3. The third-order valence-corrected chi connectivity index (χ3v) is 7.30. The highest BCUT2D eigenvalue weighted by Crippen LogP contribution is 2.29. The molecule has 30 heavy (non-hydrogen) atoms. The van der Waals surface area contributed by atoms with Gasteiger partial charge in [-0.1, -0.05) is 18.2 Å². The Hall–Kier alpha value is -1.94. The van der Waals surface area contributed by atoms with Crippen molar-refractivity contribution in [2.45, 2.75) is 0 Å². The molecule has 0 aliphatic heterocycles. The molecule has 0 amide bonds. The number of hydrogen-bond acceptors (Lipinski definition) is 12. The van der Waals surface area contributed by atoms with Crippen molar-refractivity contribution in [3.05, 3.63) is 36.4 Å². The molecule has 0 saturated heterocycles.